The molecule has 6 heteroatoms. The number of amides is 2. The molecule has 0 bridgehead atoms. The monoisotopic (exact) mass is 366 g/mol. The van der Waals surface area contributed by atoms with Crippen molar-refractivity contribution in [2.75, 3.05) is 13.1 Å². The van der Waals surface area contributed by atoms with E-state index in [0.717, 1.165) is 16.6 Å². The average Bonchev–Trinajstić information content (AvgIpc) is 2.97. The van der Waals surface area contributed by atoms with Gasteiger partial charge in [0.05, 0.1) is 17.1 Å². The van der Waals surface area contributed by atoms with Gasteiger partial charge in [0, 0.05) is 31.9 Å². The molecular weight excluding hydrogens is 340 g/mol. The van der Waals surface area contributed by atoms with Crippen molar-refractivity contribution in [3.05, 3.63) is 29.5 Å². The summed E-state index contributed by atoms with van der Waals surface area (Å²) in [5.41, 5.74) is 3.85. The zero-order valence-corrected chi connectivity index (χ0v) is 15.8. The van der Waals surface area contributed by atoms with Gasteiger partial charge in [-0.15, -0.1) is 0 Å². The van der Waals surface area contributed by atoms with E-state index in [9.17, 15) is 9.59 Å². The molecule has 1 aromatic heterocycles. The molecule has 3 aliphatic rings. The van der Waals surface area contributed by atoms with Gasteiger partial charge in [-0.05, 0) is 55.1 Å². The van der Waals surface area contributed by atoms with Gasteiger partial charge in [-0.25, -0.2) is 0 Å². The summed E-state index contributed by atoms with van der Waals surface area (Å²) in [4.78, 5) is 23.7. The Morgan fingerprint density at radius 3 is 2.59 bits per heavy atom. The van der Waals surface area contributed by atoms with Crippen LogP contribution in [0.15, 0.2) is 18.2 Å². The molecule has 2 aromatic rings. The molecule has 1 aromatic carbocycles. The predicted octanol–water partition coefficient (Wildman–Crippen LogP) is 2.34. The van der Waals surface area contributed by atoms with Crippen molar-refractivity contribution in [2.45, 2.75) is 50.4 Å². The van der Waals surface area contributed by atoms with Gasteiger partial charge in [-0.1, -0.05) is 12.1 Å². The fraction of sp³-hybridized carbons (Fsp3) is 0.571. The van der Waals surface area contributed by atoms with Gasteiger partial charge in [-0.2, -0.15) is 5.10 Å². The Morgan fingerprint density at radius 2 is 1.93 bits per heavy atom. The topological polar surface area (TPSA) is 76.0 Å². The summed E-state index contributed by atoms with van der Waals surface area (Å²) < 4.78 is 1.89. The number of nitrogens with zero attached hydrogens (tertiary/aromatic N) is 2. The minimum Gasteiger partial charge on any atom is -0.316 e. The van der Waals surface area contributed by atoms with Crippen LogP contribution in [0.25, 0.3) is 10.9 Å². The largest absolute Gasteiger partial charge is 0.316 e. The summed E-state index contributed by atoms with van der Waals surface area (Å²) in [5.74, 6) is -0.120. The van der Waals surface area contributed by atoms with Crippen LogP contribution in [-0.2, 0) is 16.6 Å². The lowest BCUT2D eigenvalue weighted by molar-refractivity contribution is -0.134. The molecule has 142 valence electrons. The second-order valence-electron chi connectivity index (χ2n) is 8.67. The van der Waals surface area contributed by atoms with E-state index in [4.69, 9.17) is 0 Å². The lowest BCUT2D eigenvalue weighted by atomic mass is 9.66. The molecule has 2 N–H and O–H groups in total. The predicted molar refractivity (Wildman–Crippen MR) is 102 cm³/mol. The van der Waals surface area contributed by atoms with Gasteiger partial charge in [0.2, 0.25) is 11.8 Å². The highest BCUT2D eigenvalue weighted by Crippen LogP contribution is 2.45. The number of nitrogens with one attached hydrogen (secondary N) is 2. The molecule has 3 fully saturated rings. The van der Waals surface area contributed by atoms with Crippen LogP contribution >= 0.6 is 0 Å². The molecule has 27 heavy (non-hydrogen) atoms. The van der Waals surface area contributed by atoms with E-state index in [1.807, 2.05) is 11.7 Å². The van der Waals surface area contributed by atoms with Crippen LogP contribution in [0.1, 0.15) is 61.6 Å². The fourth-order valence-electron chi connectivity index (χ4n) is 5.16. The Balaban J connectivity index is 1.42. The van der Waals surface area contributed by atoms with Crippen molar-refractivity contribution in [2.24, 2.45) is 12.5 Å². The minimum atomic E-state index is -0.335. The molecule has 6 nitrogen and oxygen atoms in total. The summed E-state index contributed by atoms with van der Waals surface area (Å²) in [6.45, 7) is 2.38. The lowest BCUT2D eigenvalue weighted by Gasteiger charge is -2.47. The SMILES string of the molecule is Cn1nc(C2CCC(=O)NC2=O)c2ccc(C3CCC4(CC3)CNC4)cc21. The van der Waals surface area contributed by atoms with Crippen molar-refractivity contribution in [1.82, 2.24) is 20.4 Å². The van der Waals surface area contributed by atoms with E-state index >= 15 is 0 Å². The summed E-state index contributed by atoms with van der Waals surface area (Å²) in [6.07, 6.45) is 6.06. The first kappa shape index (κ1) is 16.9. The minimum absolute atomic E-state index is 0.185. The number of carbonyl (C=O) groups is 2. The molecule has 1 saturated carbocycles. The van der Waals surface area contributed by atoms with E-state index in [1.165, 1.54) is 44.3 Å². The maximum absolute atomic E-state index is 12.3. The number of rotatable bonds is 2. The molecule has 3 heterocycles. The van der Waals surface area contributed by atoms with Crippen LogP contribution in [0.2, 0.25) is 0 Å². The van der Waals surface area contributed by atoms with Gasteiger partial charge in [-0.3, -0.25) is 19.6 Å². The first-order valence-corrected chi connectivity index (χ1v) is 10.1. The summed E-state index contributed by atoms with van der Waals surface area (Å²) in [7, 11) is 1.94. The number of fused-ring (bicyclic) bond motifs is 1. The molecule has 1 spiro atoms. The Hall–Kier alpha value is -2.21. The van der Waals surface area contributed by atoms with Gasteiger partial charge in [0.15, 0.2) is 0 Å². The molecule has 5 rings (SSSR count). The number of imide groups is 1. The second-order valence-corrected chi connectivity index (χ2v) is 8.67. The quantitative estimate of drug-likeness (QED) is 0.800. The first-order valence-electron chi connectivity index (χ1n) is 10.1. The Morgan fingerprint density at radius 1 is 1.15 bits per heavy atom. The summed E-state index contributed by atoms with van der Waals surface area (Å²) >= 11 is 0. The molecule has 1 aliphatic carbocycles. The highest BCUT2D eigenvalue weighted by atomic mass is 16.2. The van der Waals surface area contributed by atoms with E-state index in [1.54, 1.807) is 0 Å². The number of benzene rings is 1. The van der Waals surface area contributed by atoms with Crippen molar-refractivity contribution in [3.63, 3.8) is 0 Å². The number of piperidine rings is 1. The number of hydrogen-bond acceptors (Lipinski definition) is 4. The van der Waals surface area contributed by atoms with E-state index in [-0.39, 0.29) is 17.7 Å². The fourth-order valence-corrected chi connectivity index (χ4v) is 5.16. The average molecular weight is 366 g/mol. The lowest BCUT2D eigenvalue weighted by Crippen LogP contribution is -2.54. The van der Waals surface area contributed by atoms with Gasteiger partial charge in [0.25, 0.3) is 0 Å². The third-order valence-electron chi connectivity index (χ3n) is 6.99. The van der Waals surface area contributed by atoms with Crippen molar-refractivity contribution >= 4 is 22.7 Å². The molecule has 2 amide bonds. The highest BCUT2D eigenvalue weighted by molar-refractivity contribution is 6.02. The highest BCUT2D eigenvalue weighted by Gasteiger charge is 2.40. The molecule has 2 aliphatic heterocycles. The van der Waals surface area contributed by atoms with Crippen molar-refractivity contribution in [3.8, 4) is 0 Å². The maximum atomic E-state index is 12.3. The number of aromatic nitrogens is 2. The van der Waals surface area contributed by atoms with Gasteiger partial charge < -0.3 is 5.32 Å². The normalized spacial score (nSPS) is 25.6. The van der Waals surface area contributed by atoms with Crippen molar-refractivity contribution in [1.29, 1.82) is 0 Å². The smallest absolute Gasteiger partial charge is 0.235 e. The Kier molecular flexibility index (Phi) is 3.86. The number of carbonyl (C=O) groups excluding carboxylic acids is 2. The van der Waals surface area contributed by atoms with Crippen LogP contribution < -0.4 is 10.6 Å². The molecule has 1 unspecified atom stereocenters. The first-order chi connectivity index (χ1) is 13.0. The third-order valence-corrected chi connectivity index (χ3v) is 6.99. The van der Waals surface area contributed by atoms with Crippen LogP contribution in [0.5, 0.6) is 0 Å². The van der Waals surface area contributed by atoms with E-state index in [2.05, 4.69) is 33.9 Å². The molecule has 1 atom stereocenters. The maximum Gasteiger partial charge on any atom is 0.235 e. The number of aryl methyl sites for hydroxylation is 1. The zero-order chi connectivity index (χ0) is 18.6. The third kappa shape index (κ3) is 2.78. The molecule has 2 saturated heterocycles. The van der Waals surface area contributed by atoms with Crippen LogP contribution in [0, 0.1) is 5.41 Å². The van der Waals surface area contributed by atoms with Gasteiger partial charge >= 0.3 is 0 Å². The second kappa shape index (κ2) is 6.16. The van der Waals surface area contributed by atoms with Crippen molar-refractivity contribution < 1.29 is 9.59 Å². The summed E-state index contributed by atoms with van der Waals surface area (Å²) in [6, 6.07) is 6.62. The molecular formula is C21H26N4O2. The Labute approximate surface area is 158 Å². The Bertz CT molecular complexity index is 918. The zero-order valence-electron chi connectivity index (χ0n) is 15.8. The molecule has 0 radical (unpaired) electrons. The van der Waals surface area contributed by atoms with E-state index in [0.29, 0.717) is 24.2 Å². The summed E-state index contributed by atoms with van der Waals surface area (Å²) in [5, 5.41) is 11.6. The number of hydrogen-bond donors (Lipinski definition) is 2. The van der Waals surface area contributed by atoms with Gasteiger partial charge in [0.1, 0.15) is 0 Å². The van der Waals surface area contributed by atoms with E-state index < -0.39 is 0 Å². The standard InChI is InChI=1S/C21H26N4O2/c1-25-17-10-14(13-6-8-21(9-7-13)11-22-12-21)2-3-15(17)19(24-25)16-4-5-18(26)23-20(16)27/h2-3,10,13,16,22H,4-9,11-12H2,1H3,(H,23,26,27). The van der Waals surface area contributed by atoms with Crippen LogP contribution in [0.4, 0.5) is 0 Å². The van der Waals surface area contributed by atoms with Crippen LogP contribution in [0.3, 0.4) is 0 Å². The van der Waals surface area contributed by atoms with Crippen LogP contribution in [-0.4, -0.2) is 34.7 Å².